The van der Waals surface area contributed by atoms with Gasteiger partial charge in [0.1, 0.15) is 19.0 Å². The Balaban J connectivity index is 1.50. The van der Waals surface area contributed by atoms with Crippen molar-refractivity contribution < 1.29 is 43.1 Å². The number of carbonyl (C=O) groups excluding carboxylic acids is 2. The molecular weight excluding hydrogens is 508 g/mol. The summed E-state index contributed by atoms with van der Waals surface area (Å²) >= 11 is 0. The topological polar surface area (TPSA) is 116 Å². The van der Waals surface area contributed by atoms with Crippen molar-refractivity contribution in [2.24, 2.45) is 0 Å². The number of benzene rings is 2. The third kappa shape index (κ3) is 4.26. The van der Waals surface area contributed by atoms with Crippen LogP contribution in [0.4, 0.5) is 0 Å². The average molecular weight is 539 g/mol. The van der Waals surface area contributed by atoms with Crippen LogP contribution in [0.25, 0.3) is 5.76 Å². The number of methoxy groups -OCH3 is 2. The van der Waals surface area contributed by atoms with Crippen LogP contribution in [0, 0.1) is 0 Å². The second kappa shape index (κ2) is 10.2. The Labute approximate surface area is 225 Å². The molecule has 11 heteroatoms. The number of carbonyl (C=O) groups is 2. The summed E-state index contributed by atoms with van der Waals surface area (Å²) in [6.07, 6.45) is 2.19. The van der Waals surface area contributed by atoms with Gasteiger partial charge in [-0.3, -0.25) is 9.59 Å². The second-order valence-corrected chi connectivity index (χ2v) is 9.67. The minimum atomic E-state index is -0.959. The fraction of sp³-hybridized carbons (Fsp3) is 0.429. The summed E-state index contributed by atoms with van der Waals surface area (Å²) in [5, 5.41) is 11.6. The summed E-state index contributed by atoms with van der Waals surface area (Å²) < 4.78 is 33.9. The molecule has 0 radical (unpaired) electrons. The Morgan fingerprint density at radius 1 is 0.949 bits per heavy atom. The van der Waals surface area contributed by atoms with Crippen LogP contribution in [0.15, 0.2) is 29.8 Å². The monoisotopic (exact) mass is 538 g/mol. The zero-order chi connectivity index (χ0) is 27.1. The molecule has 4 aliphatic rings. The number of aliphatic hydroxyl groups excluding tert-OH is 1. The second-order valence-electron chi connectivity index (χ2n) is 9.67. The maximum Gasteiger partial charge on any atom is 0.295 e. The van der Waals surface area contributed by atoms with E-state index in [1.54, 1.807) is 24.3 Å². The van der Waals surface area contributed by atoms with Gasteiger partial charge in [0.15, 0.2) is 23.0 Å². The molecule has 1 amide bonds. The lowest BCUT2D eigenvalue weighted by molar-refractivity contribution is -0.140. The summed E-state index contributed by atoms with van der Waals surface area (Å²) in [5.74, 6) is 0.546. The smallest absolute Gasteiger partial charge is 0.295 e. The number of nitrogens with zero attached hydrogens (tertiary/aromatic N) is 2. The van der Waals surface area contributed by atoms with Crippen LogP contribution >= 0.6 is 0 Å². The van der Waals surface area contributed by atoms with Gasteiger partial charge in [-0.1, -0.05) is 0 Å². The Hall–Kier alpha value is -4.12. The first kappa shape index (κ1) is 25.2. The van der Waals surface area contributed by atoms with Gasteiger partial charge in [0.25, 0.3) is 11.7 Å². The van der Waals surface area contributed by atoms with Gasteiger partial charge in [-0.25, -0.2) is 0 Å². The van der Waals surface area contributed by atoms with E-state index in [2.05, 4.69) is 4.90 Å². The van der Waals surface area contributed by atoms with E-state index in [0.717, 1.165) is 25.9 Å². The van der Waals surface area contributed by atoms with E-state index in [0.29, 0.717) is 65.4 Å². The molecule has 4 heterocycles. The highest BCUT2D eigenvalue weighted by atomic mass is 16.7. The van der Waals surface area contributed by atoms with Crippen molar-refractivity contribution >= 4 is 17.4 Å². The van der Waals surface area contributed by atoms with Gasteiger partial charge in [-0.15, -0.1) is 0 Å². The number of ether oxygens (including phenoxy) is 6. The average Bonchev–Trinajstić information content (AvgIpc) is 3.71. The molecule has 2 aromatic carbocycles. The standard InChI is InChI=1S/C28H30N2O9/c1-34-20-14-17(25(35-2)27-26(20)38-15-39-27)22-21(23(31)16-5-6-18-19(13-16)37-12-11-36-18)24(32)28(33)30(22)10-9-29-7-3-4-8-29/h5-6,13-14,22,31H,3-4,7-12,15H2,1-2H3/t22-/m0/s1. The molecule has 0 unspecified atom stereocenters. The van der Waals surface area contributed by atoms with Crippen LogP contribution in [-0.4, -0.2) is 87.0 Å². The number of Topliss-reactive ketones (excluding diaryl/α,β-unsaturated/α-hetero) is 1. The lowest BCUT2D eigenvalue weighted by atomic mass is 9.93. The van der Waals surface area contributed by atoms with Gasteiger partial charge in [-0.2, -0.15) is 0 Å². The highest BCUT2D eigenvalue weighted by Crippen LogP contribution is 2.54. The molecule has 0 aliphatic carbocycles. The molecule has 2 aromatic rings. The number of amides is 1. The van der Waals surface area contributed by atoms with Gasteiger partial charge in [0.05, 0.1) is 25.8 Å². The van der Waals surface area contributed by atoms with Crippen molar-refractivity contribution in [2.75, 3.05) is 60.4 Å². The van der Waals surface area contributed by atoms with Crippen LogP contribution < -0.4 is 28.4 Å². The summed E-state index contributed by atoms with van der Waals surface area (Å²) in [4.78, 5) is 30.8. The molecule has 2 fully saturated rings. The van der Waals surface area contributed by atoms with Gasteiger partial charge >= 0.3 is 0 Å². The summed E-state index contributed by atoms with van der Waals surface area (Å²) in [7, 11) is 2.97. The molecule has 6 rings (SSSR count). The molecule has 0 saturated carbocycles. The largest absolute Gasteiger partial charge is 0.507 e. The molecule has 0 aromatic heterocycles. The number of likely N-dealkylation sites (tertiary alicyclic amines) is 2. The molecule has 2 saturated heterocycles. The zero-order valence-electron chi connectivity index (χ0n) is 21.9. The highest BCUT2D eigenvalue weighted by molar-refractivity contribution is 6.46. The normalized spacial score (nSPS) is 21.5. The van der Waals surface area contributed by atoms with Crippen molar-refractivity contribution in [3.05, 3.63) is 41.0 Å². The van der Waals surface area contributed by atoms with E-state index in [4.69, 9.17) is 28.4 Å². The summed E-state index contributed by atoms with van der Waals surface area (Å²) in [6, 6.07) is 5.62. The van der Waals surface area contributed by atoms with Crippen molar-refractivity contribution in [1.29, 1.82) is 0 Å². The van der Waals surface area contributed by atoms with Crippen LogP contribution in [-0.2, 0) is 9.59 Å². The molecule has 11 nitrogen and oxygen atoms in total. The fourth-order valence-corrected chi connectivity index (χ4v) is 5.63. The molecule has 1 atom stereocenters. The van der Waals surface area contributed by atoms with Gasteiger partial charge in [0, 0.05) is 24.2 Å². The Morgan fingerprint density at radius 2 is 1.69 bits per heavy atom. The lowest BCUT2D eigenvalue weighted by Gasteiger charge is -2.29. The van der Waals surface area contributed by atoms with Crippen molar-refractivity contribution in [3.63, 3.8) is 0 Å². The fourth-order valence-electron chi connectivity index (χ4n) is 5.63. The number of aliphatic hydroxyl groups is 1. The number of rotatable bonds is 7. The molecule has 0 bridgehead atoms. The number of hydrogen-bond donors (Lipinski definition) is 1. The van der Waals surface area contributed by atoms with Gasteiger partial charge < -0.3 is 43.3 Å². The highest BCUT2D eigenvalue weighted by Gasteiger charge is 2.48. The first-order valence-corrected chi connectivity index (χ1v) is 13.0. The Kier molecular flexibility index (Phi) is 6.59. The lowest BCUT2D eigenvalue weighted by Crippen LogP contribution is -2.37. The van der Waals surface area contributed by atoms with E-state index in [9.17, 15) is 14.7 Å². The van der Waals surface area contributed by atoms with Crippen molar-refractivity contribution in [3.8, 4) is 34.5 Å². The number of ketones is 1. The molecule has 0 spiro atoms. The predicted molar refractivity (Wildman–Crippen MR) is 138 cm³/mol. The number of hydrogen-bond acceptors (Lipinski definition) is 10. The third-order valence-electron chi connectivity index (χ3n) is 7.52. The maximum atomic E-state index is 13.6. The molecule has 4 aliphatic heterocycles. The SMILES string of the molecule is COc1cc([C@H]2C(=C(O)c3ccc4c(c3)OCCO4)C(=O)C(=O)N2CCN2CCCC2)c(OC)c2c1OCO2. The van der Waals surface area contributed by atoms with E-state index in [-0.39, 0.29) is 24.7 Å². The van der Waals surface area contributed by atoms with Crippen molar-refractivity contribution in [2.45, 2.75) is 18.9 Å². The summed E-state index contributed by atoms with van der Waals surface area (Å²) in [6.45, 7) is 3.51. The zero-order valence-corrected chi connectivity index (χ0v) is 21.9. The predicted octanol–water partition coefficient (Wildman–Crippen LogP) is 2.72. The van der Waals surface area contributed by atoms with E-state index < -0.39 is 17.7 Å². The first-order chi connectivity index (χ1) is 19.0. The molecular formula is C28H30N2O9. The van der Waals surface area contributed by atoms with E-state index >= 15 is 0 Å². The quantitative estimate of drug-likeness (QED) is 0.320. The van der Waals surface area contributed by atoms with Crippen LogP contribution in [0.5, 0.6) is 34.5 Å². The number of fused-ring (bicyclic) bond motifs is 2. The minimum Gasteiger partial charge on any atom is -0.507 e. The summed E-state index contributed by atoms with van der Waals surface area (Å²) in [5.41, 5.74) is 0.712. The van der Waals surface area contributed by atoms with Crippen LogP contribution in [0.1, 0.15) is 30.0 Å². The third-order valence-corrected chi connectivity index (χ3v) is 7.52. The van der Waals surface area contributed by atoms with E-state index in [1.165, 1.54) is 19.1 Å². The first-order valence-electron chi connectivity index (χ1n) is 13.0. The Bertz CT molecular complexity index is 1350. The molecule has 39 heavy (non-hydrogen) atoms. The van der Waals surface area contributed by atoms with Gasteiger partial charge in [-0.05, 0) is 50.2 Å². The Morgan fingerprint density at radius 3 is 2.44 bits per heavy atom. The maximum absolute atomic E-state index is 13.6. The molecule has 1 N–H and O–H groups in total. The minimum absolute atomic E-state index is 0.0299. The van der Waals surface area contributed by atoms with Crippen LogP contribution in [0.3, 0.4) is 0 Å². The van der Waals surface area contributed by atoms with E-state index in [1.807, 2.05) is 0 Å². The van der Waals surface area contributed by atoms with Crippen molar-refractivity contribution in [1.82, 2.24) is 9.80 Å². The molecule has 206 valence electrons. The van der Waals surface area contributed by atoms with Gasteiger partial charge in [0.2, 0.25) is 18.3 Å². The van der Waals surface area contributed by atoms with Crippen LogP contribution in [0.2, 0.25) is 0 Å².